The van der Waals surface area contributed by atoms with Crippen LogP contribution in [0.4, 0.5) is 20.2 Å². The number of carbonyl (C=O) groups is 1. The minimum atomic E-state index is -0.858. The molecule has 1 unspecified atom stereocenters. The number of hydrogen-bond acceptors (Lipinski definition) is 7. The number of fused-ring (bicyclic) bond motifs is 1. The number of carbonyl (C=O) groups excluding carboxylic acids is 1. The van der Waals surface area contributed by atoms with E-state index < -0.39 is 23.3 Å². The first-order chi connectivity index (χ1) is 14.7. The van der Waals surface area contributed by atoms with Crippen LogP contribution in [-0.2, 0) is 14.3 Å². The lowest BCUT2D eigenvalue weighted by Crippen LogP contribution is -2.31. The smallest absolute Gasteiger partial charge is 0.277 e. The second-order valence-electron chi connectivity index (χ2n) is 7.25. The number of halogens is 3. The van der Waals surface area contributed by atoms with Crippen molar-refractivity contribution < 1.29 is 32.3 Å². The fourth-order valence-electron chi connectivity index (χ4n) is 3.09. The molecule has 164 valence electrons. The van der Waals surface area contributed by atoms with Gasteiger partial charge in [0.05, 0.1) is 23.5 Å². The van der Waals surface area contributed by atoms with Crippen LogP contribution in [0, 0.1) is 15.2 Å². The Morgan fingerprint density at radius 3 is 2.87 bits per heavy atom. The Kier molecular flexibility index (Phi) is 6.10. The molecule has 0 saturated carbocycles. The number of hydroxylamine groups is 1. The number of anilines is 2. The van der Waals surface area contributed by atoms with E-state index in [2.05, 4.69) is 15.8 Å². The Morgan fingerprint density at radius 1 is 1.35 bits per heavy atom. The quantitative estimate of drug-likeness (QED) is 0.353. The highest BCUT2D eigenvalue weighted by atomic mass is 127. The molecule has 11 heteroatoms. The second-order valence-corrected chi connectivity index (χ2v) is 8.50. The van der Waals surface area contributed by atoms with Crippen LogP contribution in [0.3, 0.4) is 0 Å². The molecule has 2 N–H and O–H groups in total. The Labute approximate surface area is 189 Å². The SMILES string of the molecule is CC1(C)OCC(CONC(=O)c2cc3ocnc3c(F)c2Nc2ccc(I)cc2F)O1. The summed E-state index contributed by atoms with van der Waals surface area (Å²) in [5.41, 5.74) is 1.80. The average Bonchev–Trinajstić information content (AvgIpc) is 3.31. The van der Waals surface area contributed by atoms with Gasteiger partial charge in [-0.25, -0.2) is 19.2 Å². The van der Waals surface area contributed by atoms with Gasteiger partial charge < -0.3 is 19.2 Å². The molecule has 0 aliphatic carbocycles. The summed E-state index contributed by atoms with van der Waals surface area (Å²) in [6.07, 6.45) is 0.683. The summed E-state index contributed by atoms with van der Waals surface area (Å²) in [6, 6.07) is 5.67. The number of ether oxygens (including phenoxy) is 2. The van der Waals surface area contributed by atoms with Crippen LogP contribution in [0.2, 0.25) is 0 Å². The number of nitrogens with zero attached hydrogens (tertiary/aromatic N) is 1. The molecule has 1 saturated heterocycles. The van der Waals surface area contributed by atoms with Crippen LogP contribution in [0.5, 0.6) is 0 Å². The van der Waals surface area contributed by atoms with Gasteiger partial charge in [0, 0.05) is 3.57 Å². The minimum absolute atomic E-state index is 0.00383. The summed E-state index contributed by atoms with van der Waals surface area (Å²) in [5.74, 6) is -2.95. The lowest BCUT2D eigenvalue weighted by molar-refractivity contribution is -0.147. The maximum Gasteiger partial charge on any atom is 0.277 e. The van der Waals surface area contributed by atoms with Crippen LogP contribution < -0.4 is 10.8 Å². The van der Waals surface area contributed by atoms with Crippen molar-refractivity contribution in [3.8, 4) is 0 Å². The number of rotatable bonds is 6. The molecule has 1 atom stereocenters. The van der Waals surface area contributed by atoms with Gasteiger partial charge in [0.15, 0.2) is 23.6 Å². The summed E-state index contributed by atoms with van der Waals surface area (Å²) >= 11 is 1.96. The van der Waals surface area contributed by atoms with Crippen LogP contribution in [0.25, 0.3) is 11.1 Å². The van der Waals surface area contributed by atoms with Gasteiger partial charge in [-0.3, -0.25) is 9.63 Å². The Bertz CT molecular complexity index is 1140. The highest BCUT2D eigenvalue weighted by Gasteiger charge is 2.33. The van der Waals surface area contributed by atoms with Gasteiger partial charge in [-0.15, -0.1) is 0 Å². The predicted molar refractivity (Wildman–Crippen MR) is 115 cm³/mol. The van der Waals surface area contributed by atoms with Gasteiger partial charge in [-0.1, -0.05) is 0 Å². The molecule has 1 aromatic heterocycles. The van der Waals surface area contributed by atoms with Gasteiger partial charge in [0.25, 0.3) is 5.91 Å². The zero-order valence-corrected chi connectivity index (χ0v) is 18.7. The molecule has 1 amide bonds. The van der Waals surface area contributed by atoms with E-state index in [1.54, 1.807) is 19.9 Å². The summed E-state index contributed by atoms with van der Waals surface area (Å²) in [6.45, 7) is 3.86. The molecule has 31 heavy (non-hydrogen) atoms. The van der Waals surface area contributed by atoms with Crippen molar-refractivity contribution in [2.24, 2.45) is 0 Å². The number of amides is 1. The maximum absolute atomic E-state index is 15.1. The van der Waals surface area contributed by atoms with E-state index in [1.165, 1.54) is 18.2 Å². The van der Waals surface area contributed by atoms with Gasteiger partial charge in [0.2, 0.25) is 0 Å². The molecule has 1 aliphatic rings. The summed E-state index contributed by atoms with van der Waals surface area (Å²) in [5, 5.41) is 2.65. The number of aromatic nitrogens is 1. The molecule has 4 rings (SSSR count). The highest BCUT2D eigenvalue weighted by molar-refractivity contribution is 14.1. The molecule has 0 radical (unpaired) electrons. The Morgan fingerprint density at radius 2 is 2.16 bits per heavy atom. The van der Waals surface area contributed by atoms with Gasteiger partial charge in [-0.05, 0) is 60.7 Å². The third-order valence-electron chi connectivity index (χ3n) is 4.50. The van der Waals surface area contributed by atoms with Crippen molar-refractivity contribution >= 4 is 51.0 Å². The lowest BCUT2D eigenvalue weighted by atomic mass is 10.1. The summed E-state index contributed by atoms with van der Waals surface area (Å²) in [4.78, 5) is 21.8. The number of oxazole rings is 1. The molecular formula is C20H18F2IN3O5. The normalized spacial score (nSPS) is 17.8. The number of hydrogen-bond donors (Lipinski definition) is 2. The predicted octanol–water partition coefficient (Wildman–Crippen LogP) is 4.27. The van der Waals surface area contributed by atoms with E-state index in [0.717, 1.165) is 6.39 Å². The Balaban J connectivity index is 1.57. The third kappa shape index (κ3) is 4.79. The topological polar surface area (TPSA) is 94.9 Å². The molecule has 2 heterocycles. The fraction of sp³-hybridized carbons (Fsp3) is 0.300. The standard InChI is InChI=1S/C20H18F2IN3O5/c1-20(2)29-7-11(31-20)8-30-26-19(27)12-6-15-18(24-9-28-15)16(22)17(12)25-14-4-3-10(23)5-13(14)21/h3-6,9,11,25H,7-8H2,1-2H3,(H,26,27). The molecule has 0 bridgehead atoms. The van der Waals surface area contributed by atoms with Crippen molar-refractivity contribution in [1.82, 2.24) is 10.5 Å². The molecule has 1 aliphatic heterocycles. The lowest BCUT2D eigenvalue weighted by Gasteiger charge is -2.17. The van der Waals surface area contributed by atoms with Crippen LogP contribution in [0.1, 0.15) is 24.2 Å². The van der Waals surface area contributed by atoms with Crippen molar-refractivity contribution in [2.45, 2.75) is 25.7 Å². The van der Waals surface area contributed by atoms with Crippen LogP contribution in [0.15, 0.2) is 35.1 Å². The van der Waals surface area contributed by atoms with Gasteiger partial charge >= 0.3 is 0 Å². The first kappa shape index (κ1) is 21.9. The summed E-state index contributed by atoms with van der Waals surface area (Å²) < 4.78 is 46.2. The van der Waals surface area contributed by atoms with Gasteiger partial charge in [0.1, 0.15) is 24.0 Å². The molecule has 0 spiro atoms. The van der Waals surface area contributed by atoms with E-state index in [9.17, 15) is 9.18 Å². The third-order valence-corrected chi connectivity index (χ3v) is 5.17. The van der Waals surface area contributed by atoms with Crippen LogP contribution in [-0.4, -0.2) is 36.0 Å². The van der Waals surface area contributed by atoms with E-state index in [0.29, 0.717) is 10.2 Å². The molecule has 1 fully saturated rings. The zero-order valence-electron chi connectivity index (χ0n) is 16.5. The van der Waals surface area contributed by atoms with E-state index in [1.807, 2.05) is 22.6 Å². The highest BCUT2D eigenvalue weighted by Crippen LogP contribution is 2.32. The first-order valence-corrected chi connectivity index (χ1v) is 10.3. The monoisotopic (exact) mass is 545 g/mol. The zero-order chi connectivity index (χ0) is 22.2. The van der Waals surface area contributed by atoms with Crippen molar-refractivity contribution in [1.29, 1.82) is 0 Å². The Hall–Kier alpha value is -2.35. The largest absolute Gasteiger partial charge is 0.443 e. The minimum Gasteiger partial charge on any atom is -0.443 e. The van der Waals surface area contributed by atoms with Crippen molar-refractivity contribution in [3.05, 3.63) is 51.4 Å². The van der Waals surface area contributed by atoms with Crippen molar-refractivity contribution in [3.63, 3.8) is 0 Å². The van der Waals surface area contributed by atoms with E-state index in [-0.39, 0.29) is 40.7 Å². The number of benzene rings is 2. The molecule has 8 nitrogen and oxygen atoms in total. The fourth-order valence-corrected chi connectivity index (χ4v) is 3.54. The maximum atomic E-state index is 15.1. The van der Waals surface area contributed by atoms with Crippen molar-refractivity contribution in [2.75, 3.05) is 18.5 Å². The summed E-state index contributed by atoms with van der Waals surface area (Å²) in [7, 11) is 0. The number of nitrogens with one attached hydrogen (secondary N) is 2. The second kappa shape index (κ2) is 8.65. The molecular weight excluding hydrogens is 527 g/mol. The first-order valence-electron chi connectivity index (χ1n) is 9.25. The van der Waals surface area contributed by atoms with E-state index >= 15 is 4.39 Å². The molecule has 3 aromatic rings. The van der Waals surface area contributed by atoms with E-state index in [4.69, 9.17) is 18.7 Å². The van der Waals surface area contributed by atoms with Crippen LogP contribution >= 0.6 is 22.6 Å². The average molecular weight is 545 g/mol. The molecule has 2 aromatic carbocycles. The van der Waals surface area contributed by atoms with Gasteiger partial charge in [-0.2, -0.15) is 0 Å².